The molecular formula is C17H24O6. The van der Waals surface area contributed by atoms with Gasteiger partial charge in [-0.25, -0.2) is 0 Å². The van der Waals surface area contributed by atoms with Crippen LogP contribution in [0.25, 0.3) is 0 Å². The van der Waals surface area contributed by atoms with Gasteiger partial charge < -0.3 is 30.3 Å². The van der Waals surface area contributed by atoms with E-state index >= 15 is 0 Å². The van der Waals surface area contributed by atoms with Gasteiger partial charge in [-0.1, -0.05) is 55.6 Å². The molecule has 0 bridgehead atoms. The van der Waals surface area contributed by atoms with Gasteiger partial charge in [0.2, 0.25) is 0 Å². The lowest BCUT2D eigenvalue weighted by molar-refractivity contribution is -0.138. The standard InChI is InChI=1S/C17H24O6/c1-3-17(4-2,12-8-6-5-7-9-12)23-11-14(20)16(22)15(21)13(19)10-18/h3-9,13-16,18-22H,1-2,10-11H2/t13-,14+,15-,16-/m1/s1. The molecule has 0 amide bonds. The third-order valence-corrected chi connectivity index (χ3v) is 3.65. The van der Waals surface area contributed by atoms with Crippen molar-refractivity contribution in [2.45, 2.75) is 30.0 Å². The molecule has 1 aromatic rings. The van der Waals surface area contributed by atoms with E-state index in [1.807, 2.05) is 18.2 Å². The molecule has 0 saturated carbocycles. The Balaban J connectivity index is 2.80. The highest BCUT2D eigenvalue weighted by Gasteiger charge is 2.33. The highest BCUT2D eigenvalue weighted by Crippen LogP contribution is 2.28. The fraction of sp³-hybridized carbons (Fsp3) is 0.412. The van der Waals surface area contributed by atoms with E-state index in [9.17, 15) is 20.4 Å². The van der Waals surface area contributed by atoms with Gasteiger partial charge in [-0.2, -0.15) is 0 Å². The number of aliphatic hydroxyl groups excluding tert-OH is 5. The fourth-order valence-electron chi connectivity index (χ4n) is 2.10. The topological polar surface area (TPSA) is 110 Å². The van der Waals surface area contributed by atoms with Crippen LogP contribution < -0.4 is 0 Å². The molecule has 0 unspecified atom stereocenters. The molecule has 0 heterocycles. The van der Waals surface area contributed by atoms with E-state index in [1.54, 1.807) is 12.1 Å². The van der Waals surface area contributed by atoms with Crippen molar-refractivity contribution in [2.75, 3.05) is 13.2 Å². The van der Waals surface area contributed by atoms with E-state index < -0.39 is 36.6 Å². The minimum atomic E-state index is -1.70. The van der Waals surface area contributed by atoms with Crippen molar-refractivity contribution in [1.29, 1.82) is 0 Å². The Hall–Kier alpha value is -1.54. The number of rotatable bonds is 10. The number of ether oxygens (including phenoxy) is 1. The predicted octanol–water partition coefficient (Wildman–Crippen LogP) is -0.294. The first-order chi connectivity index (χ1) is 10.9. The highest BCUT2D eigenvalue weighted by molar-refractivity contribution is 5.32. The van der Waals surface area contributed by atoms with Gasteiger partial charge in [-0.15, -0.1) is 0 Å². The maximum atomic E-state index is 9.94. The van der Waals surface area contributed by atoms with Crippen LogP contribution in [-0.4, -0.2) is 63.2 Å². The Morgan fingerprint density at radius 1 is 0.957 bits per heavy atom. The van der Waals surface area contributed by atoms with E-state index in [1.165, 1.54) is 12.2 Å². The summed E-state index contributed by atoms with van der Waals surface area (Å²) in [5, 5.41) is 47.4. The van der Waals surface area contributed by atoms with Gasteiger partial charge in [-0.05, 0) is 5.56 Å². The molecule has 0 spiro atoms. The van der Waals surface area contributed by atoms with Gasteiger partial charge in [0.25, 0.3) is 0 Å². The number of hydrogen-bond acceptors (Lipinski definition) is 6. The Morgan fingerprint density at radius 3 is 1.96 bits per heavy atom. The zero-order valence-corrected chi connectivity index (χ0v) is 12.8. The van der Waals surface area contributed by atoms with Crippen molar-refractivity contribution in [2.24, 2.45) is 0 Å². The van der Waals surface area contributed by atoms with Crippen LogP contribution in [0.2, 0.25) is 0 Å². The normalized spacial score (nSPS) is 17.1. The van der Waals surface area contributed by atoms with Crippen LogP contribution in [0.4, 0.5) is 0 Å². The summed E-state index contributed by atoms with van der Waals surface area (Å²) in [6.45, 7) is 6.35. The van der Waals surface area contributed by atoms with Crippen LogP contribution in [0.3, 0.4) is 0 Å². The second-order valence-corrected chi connectivity index (χ2v) is 5.18. The summed E-state index contributed by atoms with van der Waals surface area (Å²) in [4.78, 5) is 0. The number of benzene rings is 1. The molecule has 5 N–H and O–H groups in total. The summed E-state index contributed by atoms with van der Waals surface area (Å²) >= 11 is 0. The molecule has 0 aliphatic carbocycles. The Morgan fingerprint density at radius 2 is 1.48 bits per heavy atom. The molecule has 128 valence electrons. The first-order valence-corrected chi connectivity index (χ1v) is 7.21. The molecule has 23 heavy (non-hydrogen) atoms. The number of aliphatic hydroxyl groups is 5. The lowest BCUT2D eigenvalue weighted by Gasteiger charge is -2.31. The van der Waals surface area contributed by atoms with Crippen LogP contribution in [0, 0.1) is 0 Å². The van der Waals surface area contributed by atoms with Gasteiger partial charge in [0, 0.05) is 0 Å². The van der Waals surface area contributed by atoms with Crippen molar-refractivity contribution in [1.82, 2.24) is 0 Å². The van der Waals surface area contributed by atoms with Crippen LogP contribution >= 0.6 is 0 Å². The predicted molar refractivity (Wildman–Crippen MR) is 85.6 cm³/mol. The SMILES string of the molecule is C=CC(C=C)(OC[C@H](O)[C@@H](O)[C@H](O)[C@H](O)CO)c1ccccc1. The summed E-state index contributed by atoms with van der Waals surface area (Å²) in [6, 6.07) is 9.07. The summed E-state index contributed by atoms with van der Waals surface area (Å²) in [5.41, 5.74) is -0.328. The van der Waals surface area contributed by atoms with Gasteiger partial charge in [0.15, 0.2) is 0 Å². The first kappa shape index (κ1) is 19.5. The molecule has 0 aliphatic heterocycles. The molecule has 0 radical (unpaired) electrons. The van der Waals surface area contributed by atoms with Gasteiger partial charge in [0.1, 0.15) is 30.0 Å². The lowest BCUT2D eigenvalue weighted by atomic mass is 9.93. The maximum Gasteiger partial charge on any atom is 0.129 e. The van der Waals surface area contributed by atoms with Gasteiger partial charge >= 0.3 is 0 Å². The van der Waals surface area contributed by atoms with Crippen molar-refractivity contribution < 1.29 is 30.3 Å². The third-order valence-electron chi connectivity index (χ3n) is 3.65. The van der Waals surface area contributed by atoms with Gasteiger partial charge in [0.05, 0.1) is 13.2 Å². The van der Waals surface area contributed by atoms with Crippen molar-refractivity contribution in [3.8, 4) is 0 Å². The first-order valence-electron chi connectivity index (χ1n) is 7.21. The molecular weight excluding hydrogens is 300 g/mol. The van der Waals surface area contributed by atoms with Crippen LogP contribution in [0.1, 0.15) is 5.56 Å². The summed E-state index contributed by atoms with van der Waals surface area (Å²) in [6.07, 6.45) is -3.40. The Bertz CT molecular complexity index is 481. The minimum Gasteiger partial charge on any atom is -0.394 e. The highest BCUT2D eigenvalue weighted by atomic mass is 16.5. The largest absolute Gasteiger partial charge is 0.394 e. The van der Waals surface area contributed by atoms with Crippen LogP contribution in [0.15, 0.2) is 55.6 Å². The smallest absolute Gasteiger partial charge is 0.129 e. The molecule has 0 saturated heterocycles. The summed E-state index contributed by atoms with van der Waals surface area (Å²) < 4.78 is 5.66. The molecule has 0 fully saturated rings. The minimum absolute atomic E-state index is 0.344. The Kier molecular flexibility index (Phi) is 7.57. The fourth-order valence-corrected chi connectivity index (χ4v) is 2.10. The molecule has 0 aliphatic rings. The summed E-state index contributed by atoms with van der Waals surface area (Å²) in [7, 11) is 0. The maximum absolute atomic E-state index is 9.94. The molecule has 0 aromatic heterocycles. The second kappa shape index (κ2) is 8.93. The molecule has 6 heteroatoms. The lowest BCUT2D eigenvalue weighted by Crippen LogP contribution is -2.48. The van der Waals surface area contributed by atoms with E-state index in [0.29, 0.717) is 0 Å². The van der Waals surface area contributed by atoms with Crippen LogP contribution in [0.5, 0.6) is 0 Å². The monoisotopic (exact) mass is 324 g/mol. The van der Waals surface area contributed by atoms with E-state index in [2.05, 4.69) is 13.2 Å². The van der Waals surface area contributed by atoms with Crippen molar-refractivity contribution in [3.05, 3.63) is 61.2 Å². The Labute approximate surface area is 135 Å². The van der Waals surface area contributed by atoms with Crippen molar-refractivity contribution in [3.63, 3.8) is 0 Å². The number of hydrogen-bond donors (Lipinski definition) is 5. The second-order valence-electron chi connectivity index (χ2n) is 5.18. The van der Waals surface area contributed by atoms with E-state index in [4.69, 9.17) is 9.84 Å². The molecule has 4 atom stereocenters. The molecule has 6 nitrogen and oxygen atoms in total. The average Bonchev–Trinajstić information content (AvgIpc) is 2.61. The average molecular weight is 324 g/mol. The zero-order chi connectivity index (χ0) is 17.5. The molecule has 1 aromatic carbocycles. The quantitative estimate of drug-likeness (QED) is 0.378. The van der Waals surface area contributed by atoms with E-state index in [0.717, 1.165) is 5.56 Å². The summed E-state index contributed by atoms with van der Waals surface area (Å²) in [5.74, 6) is 0. The molecule has 1 rings (SSSR count). The van der Waals surface area contributed by atoms with Gasteiger partial charge in [-0.3, -0.25) is 0 Å². The van der Waals surface area contributed by atoms with Crippen molar-refractivity contribution >= 4 is 0 Å². The van der Waals surface area contributed by atoms with Crippen LogP contribution in [-0.2, 0) is 10.3 Å². The van der Waals surface area contributed by atoms with E-state index in [-0.39, 0.29) is 6.61 Å². The zero-order valence-electron chi connectivity index (χ0n) is 12.8. The third kappa shape index (κ3) is 4.71.